The number of nitrogens with zero attached hydrogens (tertiary/aromatic N) is 5. The van der Waals surface area contributed by atoms with Crippen LogP contribution in [0.1, 0.15) is 11.1 Å². The Hall–Kier alpha value is -4.98. The first-order valence-electron chi connectivity index (χ1n) is 13.2. The number of rotatable bonds is 7. The second-order valence-electron chi connectivity index (χ2n) is 9.49. The third-order valence-electron chi connectivity index (χ3n) is 6.92. The van der Waals surface area contributed by atoms with Crippen molar-refractivity contribution in [1.29, 1.82) is 0 Å². The van der Waals surface area contributed by atoms with E-state index in [0.29, 0.717) is 0 Å². The number of anilines is 1. The number of hydrogen-bond acceptors (Lipinski definition) is 7. The van der Waals surface area contributed by atoms with Crippen molar-refractivity contribution >= 4 is 63.4 Å². The molecule has 0 atom stereocenters. The molecule has 2 aromatic heterocycles. The van der Waals surface area contributed by atoms with Gasteiger partial charge in [0.15, 0.2) is 0 Å². The molecule has 0 aliphatic carbocycles. The Morgan fingerprint density at radius 3 is 1.44 bits per heavy atom. The van der Waals surface area contributed by atoms with Crippen LogP contribution in [0.4, 0.5) is 5.69 Å². The Morgan fingerprint density at radius 1 is 0.463 bits per heavy atom. The van der Waals surface area contributed by atoms with Crippen LogP contribution in [0.25, 0.3) is 56.5 Å². The number of fused-ring (bicyclic) bond motifs is 2. The van der Waals surface area contributed by atoms with E-state index in [1.807, 2.05) is 30.3 Å². The van der Waals surface area contributed by atoms with E-state index in [0.717, 1.165) is 61.1 Å². The maximum Gasteiger partial charge on any atom is 0.112 e. The molecule has 7 heteroatoms. The van der Waals surface area contributed by atoms with Gasteiger partial charge in [-0.25, -0.2) is 0 Å². The van der Waals surface area contributed by atoms with Gasteiger partial charge in [0.25, 0.3) is 0 Å². The SMILES string of the molecule is C(=C\N(/C=C/c1ccc(-c2cccc3nsnc23)cc1)c1ccccc1)/c1ccc(-c2cccc3nsnc23)cc1. The molecule has 0 radical (unpaired) electrons. The van der Waals surface area contributed by atoms with Crippen LogP contribution < -0.4 is 4.90 Å². The van der Waals surface area contributed by atoms with Crippen LogP contribution >= 0.6 is 23.5 Å². The average Bonchev–Trinajstić information content (AvgIpc) is 3.72. The molecule has 0 N–H and O–H groups in total. The van der Waals surface area contributed by atoms with Gasteiger partial charge in [-0.2, -0.15) is 17.5 Å². The Morgan fingerprint density at radius 2 is 0.951 bits per heavy atom. The first-order valence-corrected chi connectivity index (χ1v) is 14.6. The summed E-state index contributed by atoms with van der Waals surface area (Å²) < 4.78 is 17.7. The van der Waals surface area contributed by atoms with Crippen molar-refractivity contribution in [3.05, 3.63) is 139 Å². The topological polar surface area (TPSA) is 54.8 Å². The maximum atomic E-state index is 4.48. The molecule has 0 aliphatic heterocycles. The van der Waals surface area contributed by atoms with Crippen molar-refractivity contribution in [3.8, 4) is 22.3 Å². The summed E-state index contributed by atoms with van der Waals surface area (Å²) in [5.41, 5.74) is 11.5. The van der Waals surface area contributed by atoms with E-state index < -0.39 is 0 Å². The molecule has 0 saturated heterocycles. The zero-order chi connectivity index (χ0) is 27.4. The third-order valence-corrected chi connectivity index (χ3v) is 8.01. The predicted octanol–water partition coefficient (Wildman–Crippen LogP) is 9.18. The van der Waals surface area contributed by atoms with E-state index >= 15 is 0 Å². The third kappa shape index (κ3) is 5.28. The molecule has 7 rings (SSSR count). The maximum absolute atomic E-state index is 4.48. The van der Waals surface area contributed by atoms with E-state index in [4.69, 9.17) is 0 Å². The fourth-order valence-corrected chi connectivity index (χ4v) is 5.88. The Balaban J connectivity index is 1.12. The molecular weight excluding hydrogens is 543 g/mol. The number of hydrogen-bond donors (Lipinski definition) is 0. The van der Waals surface area contributed by atoms with Gasteiger partial charge in [-0.1, -0.05) is 91.0 Å². The predicted molar refractivity (Wildman–Crippen MR) is 173 cm³/mol. The highest BCUT2D eigenvalue weighted by atomic mass is 32.1. The summed E-state index contributed by atoms with van der Waals surface area (Å²) in [7, 11) is 0. The summed E-state index contributed by atoms with van der Waals surface area (Å²) >= 11 is 2.50. The Kier molecular flexibility index (Phi) is 6.87. The average molecular weight is 566 g/mol. The molecule has 0 unspecified atom stereocenters. The van der Waals surface area contributed by atoms with Gasteiger partial charge in [0.2, 0.25) is 0 Å². The molecule has 41 heavy (non-hydrogen) atoms. The fraction of sp³-hybridized carbons (Fsp3) is 0. The second kappa shape index (κ2) is 11.3. The highest BCUT2D eigenvalue weighted by Crippen LogP contribution is 2.29. The normalized spacial score (nSPS) is 11.7. The lowest BCUT2D eigenvalue weighted by molar-refractivity contribution is 1.30. The molecular formula is C34H23N5S2. The summed E-state index contributed by atoms with van der Waals surface area (Å²) in [6, 6.07) is 39.7. The molecule has 0 fully saturated rings. The molecule has 0 saturated carbocycles. The minimum atomic E-state index is 0.936. The van der Waals surface area contributed by atoms with Gasteiger partial charge in [-0.15, -0.1) is 0 Å². The van der Waals surface area contributed by atoms with Crippen molar-refractivity contribution in [2.75, 3.05) is 4.90 Å². The number of para-hydroxylation sites is 1. The summed E-state index contributed by atoms with van der Waals surface area (Å²) in [4.78, 5) is 2.13. The van der Waals surface area contributed by atoms with E-state index in [1.165, 1.54) is 23.5 Å². The number of aromatic nitrogens is 4. The molecule has 0 bridgehead atoms. The van der Waals surface area contributed by atoms with Gasteiger partial charge in [-0.05, 0) is 58.7 Å². The first kappa shape index (κ1) is 25.0. The van der Waals surface area contributed by atoms with Crippen LogP contribution in [-0.4, -0.2) is 17.5 Å². The van der Waals surface area contributed by atoms with Crippen LogP contribution in [0.2, 0.25) is 0 Å². The monoisotopic (exact) mass is 565 g/mol. The highest BCUT2D eigenvalue weighted by Gasteiger charge is 2.08. The summed E-state index contributed by atoms with van der Waals surface area (Å²) in [5, 5.41) is 0. The van der Waals surface area contributed by atoms with Crippen LogP contribution in [0.3, 0.4) is 0 Å². The molecule has 0 aliphatic rings. The van der Waals surface area contributed by atoms with Crippen LogP contribution in [0, 0.1) is 0 Å². The molecule has 0 amide bonds. The lowest BCUT2D eigenvalue weighted by atomic mass is 10.0. The molecule has 5 nitrogen and oxygen atoms in total. The van der Waals surface area contributed by atoms with Crippen LogP contribution in [0.15, 0.2) is 128 Å². The van der Waals surface area contributed by atoms with Gasteiger partial charge in [0.05, 0.1) is 23.5 Å². The van der Waals surface area contributed by atoms with Crippen molar-refractivity contribution in [1.82, 2.24) is 17.5 Å². The zero-order valence-corrected chi connectivity index (χ0v) is 23.5. The van der Waals surface area contributed by atoms with Gasteiger partial charge in [0.1, 0.15) is 22.1 Å². The molecule has 0 spiro atoms. The van der Waals surface area contributed by atoms with Crippen molar-refractivity contribution < 1.29 is 0 Å². The first-order chi connectivity index (χ1) is 20.3. The fourth-order valence-electron chi connectivity index (χ4n) is 4.78. The molecule has 2 heterocycles. The quantitative estimate of drug-likeness (QED) is 0.193. The Bertz CT molecular complexity index is 1860. The van der Waals surface area contributed by atoms with Crippen molar-refractivity contribution in [2.45, 2.75) is 0 Å². The van der Waals surface area contributed by atoms with Gasteiger partial charge in [-0.3, -0.25) is 0 Å². The molecule has 7 aromatic rings. The largest absolute Gasteiger partial charge is 0.324 e. The Labute approximate surface area is 246 Å². The van der Waals surface area contributed by atoms with E-state index in [1.54, 1.807) is 0 Å². The standard InChI is InChI=1S/C34H23N5S2/c1-2-6-28(7-3-1)39(22-20-24-12-16-26(17-13-24)29-8-4-10-31-33(29)37-40-35-31)23-21-25-14-18-27(19-15-25)30-9-5-11-32-34(30)38-41-36-32/h1-23H/b22-20+,23-21+. The van der Waals surface area contributed by atoms with E-state index in [-0.39, 0.29) is 0 Å². The number of benzene rings is 5. The minimum Gasteiger partial charge on any atom is -0.324 e. The van der Waals surface area contributed by atoms with Crippen LogP contribution in [-0.2, 0) is 0 Å². The minimum absolute atomic E-state index is 0.936. The molecule has 5 aromatic carbocycles. The summed E-state index contributed by atoms with van der Waals surface area (Å²) in [6.45, 7) is 0. The smallest absolute Gasteiger partial charge is 0.112 e. The lowest BCUT2D eigenvalue weighted by Gasteiger charge is -2.16. The highest BCUT2D eigenvalue weighted by molar-refractivity contribution is 7.00. The molecule has 196 valence electrons. The zero-order valence-electron chi connectivity index (χ0n) is 21.8. The summed E-state index contributed by atoms with van der Waals surface area (Å²) in [5.74, 6) is 0. The van der Waals surface area contributed by atoms with Crippen molar-refractivity contribution in [3.63, 3.8) is 0 Å². The van der Waals surface area contributed by atoms with Gasteiger partial charge in [0, 0.05) is 29.2 Å². The second-order valence-corrected chi connectivity index (χ2v) is 10.6. The van der Waals surface area contributed by atoms with Gasteiger partial charge < -0.3 is 4.90 Å². The van der Waals surface area contributed by atoms with Crippen molar-refractivity contribution in [2.24, 2.45) is 0 Å². The lowest BCUT2D eigenvalue weighted by Crippen LogP contribution is -2.06. The van der Waals surface area contributed by atoms with Gasteiger partial charge >= 0.3 is 0 Å². The van der Waals surface area contributed by atoms with E-state index in [9.17, 15) is 0 Å². The van der Waals surface area contributed by atoms with Crippen LogP contribution in [0.5, 0.6) is 0 Å². The summed E-state index contributed by atoms with van der Waals surface area (Å²) in [6.07, 6.45) is 8.43. The van der Waals surface area contributed by atoms with E-state index in [2.05, 4.69) is 132 Å².